The highest BCUT2D eigenvalue weighted by Crippen LogP contribution is 2.22. The van der Waals surface area contributed by atoms with Crippen LogP contribution in [0.1, 0.15) is 20.3 Å². The van der Waals surface area contributed by atoms with Gasteiger partial charge in [-0.1, -0.05) is 31.5 Å². The first kappa shape index (κ1) is 14.6. The highest BCUT2D eigenvalue weighted by Gasteiger charge is 2.06. The van der Waals surface area contributed by atoms with E-state index in [0.717, 1.165) is 30.6 Å². The molecule has 0 spiro atoms. The lowest BCUT2D eigenvalue weighted by molar-refractivity contribution is 0.116. The maximum atomic E-state index is 6.14. The molecule has 104 valence electrons. The molecule has 0 bridgehead atoms. The summed E-state index contributed by atoms with van der Waals surface area (Å²) in [5.41, 5.74) is 1.93. The van der Waals surface area contributed by atoms with Gasteiger partial charge < -0.3 is 14.3 Å². The molecule has 1 N–H and O–H groups in total. The number of halogens is 1. The van der Waals surface area contributed by atoms with Gasteiger partial charge in [-0.3, -0.25) is 0 Å². The number of fused-ring (bicyclic) bond motifs is 1. The van der Waals surface area contributed by atoms with Gasteiger partial charge >= 0.3 is 0 Å². The lowest BCUT2D eigenvalue weighted by Crippen LogP contribution is -2.08. The first-order valence-electron chi connectivity index (χ1n) is 6.54. The fourth-order valence-electron chi connectivity index (χ4n) is 1.94. The minimum atomic E-state index is 0.667. The van der Waals surface area contributed by atoms with Gasteiger partial charge in [0.15, 0.2) is 4.77 Å². The molecule has 0 aliphatic heterocycles. The van der Waals surface area contributed by atoms with Crippen LogP contribution in [0.4, 0.5) is 0 Å². The number of imidazole rings is 1. The molecule has 3 nitrogen and oxygen atoms in total. The Hall–Kier alpha value is -0.840. The van der Waals surface area contributed by atoms with Crippen molar-refractivity contribution in [1.82, 2.24) is 9.55 Å². The zero-order chi connectivity index (χ0) is 13.8. The number of nitrogens with zero attached hydrogens (tertiary/aromatic N) is 1. The quantitative estimate of drug-likeness (QED) is 0.632. The fraction of sp³-hybridized carbons (Fsp3) is 0.500. The van der Waals surface area contributed by atoms with Crippen LogP contribution in [0.2, 0.25) is 5.02 Å². The first-order chi connectivity index (χ1) is 9.09. The van der Waals surface area contributed by atoms with Crippen LogP contribution in [0.3, 0.4) is 0 Å². The fourth-order valence-corrected chi connectivity index (χ4v) is 2.45. The van der Waals surface area contributed by atoms with Crippen LogP contribution >= 0.6 is 23.8 Å². The smallest absolute Gasteiger partial charge is 0.178 e. The molecular weight excluding hydrogens is 280 g/mol. The molecule has 1 heterocycles. The molecule has 0 unspecified atom stereocenters. The second-order valence-electron chi connectivity index (χ2n) is 5.01. The number of aromatic amines is 1. The topological polar surface area (TPSA) is 29.9 Å². The minimum Gasteiger partial charge on any atom is -0.380 e. The molecule has 19 heavy (non-hydrogen) atoms. The van der Waals surface area contributed by atoms with E-state index in [4.69, 9.17) is 28.6 Å². The van der Waals surface area contributed by atoms with Gasteiger partial charge in [0.1, 0.15) is 0 Å². The monoisotopic (exact) mass is 298 g/mol. The van der Waals surface area contributed by atoms with Crippen molar-refractivity contribution >= 4 is 34.9 Å². The number of H-pyrrole nitrogens is 1. The molecule has 0 atom stereocenters. The normalized spacial score (nSPS) is 11.6. The molecule has 0 aliphatic carbocycles. The zero-order valence-electron chi connectivity index (χ0n) is 11.3. The van der Waals surface area contributed by atoms with E-state index in [1.807, 2.05) is 22.8 Å². The molecular formula is C14H19ClN2OS. The Morgan fingerprint density at radius 3 is 2.89 bits per heavy atom. The van der Waals surface area contributed by atoms with Crippen LogP contribution in [0, 0.1) is 10.7 Å². The highest BCUT2D eigenvalue weighted by atomic mass is 35.5. The van der Waals surface area contributed by atoms with Crippen LogP contribution in [-0.2, 0) is 11.3 Å². The Bertz CT molecular complexity index is 603. The molecule has 1 aromatic carbocycles. The highest BCUT2D eigenvalue weighted by molar-refractivity contribution is 7.71. The summed E-state index contributed by atoms with van der Waals surface area (Å²) in [6.07, 6.45) is 1.09. The molecule has 2 rings (SSSR count). The number of hydrogen-bond donors (Lipinski definition) is 1. The predicted molar refractivity (Wildman–Crippen MR) is 82.4 cm³/mol. The SMILES string of the molecule is CC(C)CCOCCn1c(=S)[nH]c2c(Cl)cccc21. The maximum absolute atomic E-state index is 6.14. The third-order valence-electron chi connectivity index (χ3n) is 3.06. The van der Waals surface area contributed by atoms with Crippen molar-refractivity contribution in [3.63, 3.8) is 0 Å². The molecule has 0 saturated carbocycles. The molecule has 0 saturated heterocycles. The van der Waals surface area contributed by atoms with Crippen molar-refractivity contribution in [3.8, 4) is 0 Å². The summed E-state index contributed by atoms with van der Waals surface area (Å²) in [7, 11) is 0. The molecule has 0 amide bonds. The molecule has 0 aliphatic rings. The molecule has 2 aromatic rings. The van der Waals surface area contributed by atoms with Crippen LogP contribution < -0.4 is 0 Å². The largest absolute Gasteiger partial charge is 0.380 e. The second-order valence-corrected chi connectivity index (χ2v) is 5.80. The average Bonchev–Trinajstić information content (AvgIpc) is 2.67. The standard InChI is InChI=1S/C14H19ClN2OS/c1-10(2)6-8-18-9-7-17-12-5-3-4-11(15)13(12)16-14(17)19/h3-5,10H,6-9H2,1-2H3,(H,16,19). The summed E-state index contributed by atoms with van der Waals surface area (Å²) in [6, 6.07) is 5.81. The van der Waals surface area contributed by atoms with E-state index in [0.29, 0.717) is 22.3 Å². The van der Waals surface area contributed by atoms with E-state index >= 15 is 0 Å². The van der Waals surface area contributed by atoms with E-state index in [1.165, 1.54) is 0 Å². The molecule has 0 radical (unpaired) electrons. The second kappa shape index (κ2) is 6.55. The van der Waals surface area contributed by atoms with Gasteiger partial charge in [-0.15, -0.1) is 0 Å². The van der Waals surface area contributed by atoms with E-state index in [-0.39, 0.29) is 0 Å². The van der Waals surface area contributed by atoms with Crippen LogP contribution in [0.15, 0.2) is 18.2 Å². The van der Waals surface area contributed by atoms with Gasteiger partial charge in [0.05, 0.1) is 22.7 Å². The van der Waals surface area contributed by atoms with Crippen molar-refractivity contribution in [2.75, 3.05) is 13.2 Å². The van der Waals surface area contributed by atoms with E-state index in [2.05, 4.69) is 18.8 Å². The van der Waals surface area contributed by atoms with Gasteiger partial charge in [-0.05, 0) is 36.7 Å². The Morgan fingerprint density at radius 1 is 1.37 bits per heavy atom. The Morgan fingerprint density at radius 2 is 2.16 bits per heavy atom. The number of benzene rings is 1. The van der Waals surface area contributed by atoms with Crippen LogP contribution in [0.25, 0.3) is 11.0 Å². The van der Waals surface area contributed by atoms with Gasteiger partial charge in [0.2, 0.25) is 0 Å². The third-order valence-corrected chi connectivity index (χ3v) is 3.70. The van der Waals surface area contributed by atoms with Gasteiger partial charge in [-0.2, -0.15) is 0 Å². The van der Waals surface area contributed by atoms with Crippen molar-refractivity contribution in [2.24, 2.45) is 5.92 Å². The predicted octanol–water partition coefficient (Wildman–Crippen LogP) is 4.41. The molecule has 0 fully saturated rings. The summed E-state index contributed by atoms with van der Waals surface area (Å²) in [6.45, 7) is 6.61. The van der Waals surface area contributed by atoms with Gasteiger partial charge in [0, 0.05) is 13.2 Å². The number of ether oxygens (including phenoxy) is 1. The van der Waals surface area contributed by atoms with Crippen LogP contribution in [-0.4, -0.2) is 22.8 Å². The van der Waals surface area contributed by atoms with E-state index in [1.54, 1.807) is 0 Å². The number of aromatic nitrogens is 2. The third kappa shape index (κ3) is 3.59. The first-order valence-corrected chi connectivity index (χ1v) is 7.33. The maximum Gasteiger partial charge on any atom is 0.178 e. The van der Waals surface area contributed by atoms with E-state index < -0.39 is 0 Å². The summed E-state index contributed by atoms with van der Waals surface area (Å²) >= 11 is 11.5. The Labute approximate surface area is 123 Å². The van der Waals surface area contributed by atoms with Crippen molar-refractivity contribution in [3.05, 3.63) is 28.0 Å². The minimum absolute atomic E-state index is 0.667. The lowest BCUT2D eigenvalue weighted by atomic mass is 10.1. The average molecular weight is 299 g/mol. The van der Waals surface area contributed by atoms with Crippen LogP contribution in [0.5, 0.6) is 0 Å². The van der Waals surface area contributed by atoms with E-state index in [9.17, 15) is 0 Å². The number of hydrogen-bond acceptors (Lipinski definition) is 2. The molecule has 5 heteroatoms. The number of para-hydroxylation sites is 1. The van der Waals surface area contributed by atoms with Crippen molar-refractivity contribution in [1.29, 1.82) is 0 Å². The Balaban J connectivity index is 2.03. The summed E-state index contributed by atoms with van der Waals surface area (Å²) < 4.78 is 8.36. The Kier molecular flexibility index (Phi) is 5.02. The summed E-state index contributed by atoms with van der Waals surface area (Å²) in [5, 5.41) is 0.697. The van der Waals surface area contributed by atoms with Gasteiger partial charge in [0.25, 0.3) is 0 Å². The van der Waals surface area contributed by atoms with Crippen molar-refractivity contribution in [2.45, 2.75) is 26.8 Å². The lowest BCUT2D eigenvalue weighted by Gasteiger charge is -2.08. The van der Waals surface area contributed by atoms with Gasteiger partial charge in [-0.25, -0.2) is 0 Å². The number of rotatable bonds is 6. The summed E-state index contributed by atoms with van der Waals surface area (Å²) in [4.78, 5) is 3.14. The van der Waals surface area contributed by atoms with Crippen molar-refractivity contribution < 1.29 is 4.74 Å². The molecule has 1 aromatic heterocycles. The zero-order valence-corrected chi connectivity index (χ0v) is 12.9. The number of nitrogens with one attached hydrogen (secondary N) is 1. The summed E-state index contributed by atoms with van der Waals surface area (Å²) in [5.74, 6) is 0.675.